The number of nitrogens with two attached hydrogens (primary N) is 1. The zero-order valence-electron chi connectivity index (χ0n) is 8.53. The van der Waals surface area contributed by atoms with Crippen LogP contribution in [0.15, 0.2) is 24.3 Å². The molecular weight excluding hydrogens is 195 g/mol. The Labute approximate surface area is 88.3 Å². The lowest BCUT2D eigenvalue weighted by molar-refractivity contribution is 0.357. The molecule has 0 amide bonds. The minimum Gasteiger partial charge on any atom is -0.496 e. The van der Waals surface area contributed by atoms with Gasteiger partial charge >= 0.3 is 0 Å². The van der Waals surface area contributed by atoms with Crippen LogP contribution in [0.1, 0.15) is 5.56 Å². The summed E-state index contributed by atoms with van der Waals surface area (Å²) in [4.78, 5) is 0. The molecule has 0 radical (unpaired) electrons. The highest BCUT2D eigenvalue weighted by atomic mass is 19.1. The van der Waals surface area contributed by atoms with Crippen molar-refractivity contribution in [3.05, 3.63) is 29.8 Å². The van der Waals surface area contributed by atoms with Crippen molar-refractivity contribution in [3.63, 3.8) is 0 Å². The van der Waals surface area contributed by atoms with Gasteiger partial charge in [0.2, 0.25) is 0 Å². The highest BCUT2D eigenvalue weighted by Gasteiger charge is 2.26. The van der Waals surface area contributed by atoms with E-state index in [0.717, 1.165) is 5.56 Å². The number of hydrogen-bond acceptors (Lipinski definition) is 3. The lowest BCUT2D eigenvalue weighted by Gasteiger charge is -2.18. The molecule has 0 spiro atoms. The van der Waals surface area contributed by atoms with E-state index < -0.39 is 12.2 Å². The van der Waals surface area contributed by atoms with Gasteiger partial charge in [-0.15, -0.1) is 0 Å². The highest BCUT2D eigenvalue weighted by molar-refractivity contribution is 5.35. The van der Waals surface area contributed by atoms with Gasteiger partial charge < -0.3 is 10.5 Å². The number of rotatable bonds is 4. The van der Waals surface area contributed by atoms with E-state index in [1.807, 2.05) is 6.07 Å². The van der Waals surface area contributed by atoms with E-state index >= 15 is 0 Å². The van der Waals surface area contributed by atoms with Crippen LogP contribution in [-0.4, -0.2) is 19.3 Å². The van der Waals surface area contributed by atoms with Gasteiger partial charge in [-0.3, -0.25) is 0 Å². The van der Waals surface area contributed by atoms with Crippen LogP contribution >= 0.6 is 0 Å². The Morgan fingerprint density at radius 3 is 2.73 bits per heavy atom. The van der Waals surface area contributed by atoms with Gasteiger partial charge in [0.25, 0.3) is 0 Å². The van der Waals surface area contributed by atoms with Crippen molar-refractivity contribution in [3.8, 4) is 11.8 Å². The summed E-state index contributed by atoms with van der Waals surface area (Å²) in [5, 5.41) is 8.75. The lowest BCUT2D eigenvalue weighted by Crippen LogP contribution is -2.42. The number of hydrogen-bond donors (Lipinski definition) is 1. The Kier molecular flexibility index (Phi) is 3.64. The van der Waals surface area contributed by atoms with Crippen molar-refractivity contribution in [2.45, 2.75) is 12.0 Å². The summed E-state index contributed by atoms with van der Waals surface area (Å²) >= 11 is 0. The predicted octanol–water partition coefficient (Wildman–Crippen LogP) is 1.43. The molecule has 2 N–H and O–H groups in total. The summed E-state index contributed by atoms with van der Waals surface area (Å²) in [6.45, 7) is -0.873. The molecule has 15 heavy (non-hydrogen) atoms. The number of methoxy groups -OCH3 is 1. The van der Waals surface area contributed by atoms with E-state index in [2.05, 4.69) is 0 Å². The van der Waals surface area contributed by atoms with Crippen LogP contribution < -0.4 is 10.5 Å². The largest absolute Gasteiger partial charge is 0.496 e. The Balaban J connectivity index is 2.94. The van der Waals surface area contributed by atoms with Crippen molar-refractivity contribution in [1.29, 1.82) is 5.26 Å². The number of alkyl halides is 1. The van der Waals surface area contributed by atoms with E-state index in [9.17, 15) is 4.39 Å². The summed E-state index contributed by atoms with van der Waals surface area (Å²) in [6, 6.07) is 8.91. The summed E-state index contributed by atoms with van der Waals surface area (Å²) in [6.07, 6.45) is 0.143. The molecule has 0 aliphatic carbocycles. The fourth-order valence-corrected chi connectivity index (χ4v) is 1.31. The van der Waals surface area contributed by atoms with Crippen molar-refractivity contribution in [1.82, 2.24) is 0 Å². The normalized spacial score (nSPS) is 14.0. The van der Waals surface area contributed by atoms with Gasteiger partial charge in [-0.25, -0.2) is 4.39 Å². The van der Waals surface area contributed by atoms with Crippen LogP contribution in [0.25, 0.3) is 0 Å². The molecule has 0 saturated heterocycles. The van der Waals surface area contributed by atoms with Crippen LogP contribution in [0.3, 0.4) is 0 Å². The van der Waals surface area contributed by atoms with Gasteiger partial charge in [0.05, 0.1) is 13.2 Å². The maximum Gasteiger partial charge on any atom is 0.137 e. The fraction of sp³-hybridized carbons (Fsp3) is 0.364. The van der Waals surface area contributed by atoms with Crippen LogP contribution in [0.4, 0.5) is 4.39 Å². The number of ether oxygens (including phenoxy) is 1. The first-order chi connectivity index (χ1) is 7.15. The molecule has 1 aromatic rings. The average molecular weight is 208 g/mol. The SMILES string of the molecule is COc1ccccc1CC(N)(C#N)CF. The molecule has 0 heterocycles. The molecule has 0 aliphatic heterocycles. The second-order valence-electron chi connectivity index (χ2n) is 3.39. The third-order valence-corrected chi connectivity index (χ3v) is 2.16. The zero-order chi connectivity index (χ0) is 11.3. The van der Waals surface area contributed by atoms with E-state index in [0.29, 0.717) is 5.75 Å². The molecular formula is C11H13FN2O. The highest BCUT2D eigenvalue weighted by Crippen LogP contribution is 2.21. The van der Waals surface area contributed by atoms with Gasteiger partial charge in [0.15, 0.2) is 0 Å². The minimum atomic E-state index is -1.46. The average Bonchev–Trinajstić information content (AvgIpc) is 2.29. The second-order valence-corrected chi connectivity index (χ2v) is 3.39. The van der Waals surface area contributed by atoms with Crippen LogP contribution in [0.2, 0.25) is 0 Å². The molecule has 3 nitrogen and oxygen atoms in total. The maximum absolute atomic E-state index is 12.6. The molecule has 0 saturated carbocycles. The molecule has 0 fully saturated rings. The number of para-hydroxylation sites is 1. The monoisotopic (exact) mass is 208 g/mol. The fourth-order valence-electron chi connectivity index (χ4n) is 1.31. The molecule has 1 unspecified atom stereocenters. The topological polar surface area (TPSA) is 59.0 Å². The van der Waals surface area contributed by atoms with Crippen molar-refractivity contribution < 1.29 is 9.13 Å². The first-order valence-electron chi connectivity index (χ1n) is 4.53. The first-order valence-corrected chi connectivity index (χ1v) is 4.53. The number of nitrogens with zero attached hydrogens (tertiary/aromatic N) is 1. The van der Waals surface area contributed by atoms with E-state index in [1.54, 1.807) is 24.3 Å². The quantitative estimate of drug-likeness (QED) is 0.814. The Bertz CT molecular complexity index is 375. The van der Waals surface area contributed by atoms with E-state index in [-0.39, 0.29) is 6.42 Å². The van der Waals surface area contributed by atoms with Gasteiger partial charge in [-0.2, -0.15) is 5.26 Å². The summed E-state index contributed by atoms with van der Waals surface area (Å²) in [7, 11) is 1.53. The summed E-state index contributed by atoms with van der Waals surface area (Å²) < 4.78 is 17.7. The molecule has 1 rings (SSSR count). The first kappa shape index (κ1) is 11.5. The second kappa shape index (κ2) is 4.76. The van der Waals surface area contributed by atoms with Gasteiger partial charge in [-0.05, 0) is 11.6 Å². The smallest absolute Gasteiger partial charge is 0.137 e. The van der Waals surface area contributed by atoms with Crippen molar-refractivity contribution in [2.24, 2.45) is 5.73 Å². The predicted molar refractivity (Wildman–Crippen MR) is 55.2 cm³/mol. The summed E-state index contributed by atoms with van der Waals surface area (Å²) in [5.41, 5.74) is 4.83. The van der Waals surface area contributed by atoms with Crippen LogP contribution in [0.5, 0.6) is 5.75 Å². The third-order valence-electron chi connectivity index (χ3n) is 2.16. The molecule has 0 aliphatic rings. The molecule has 4 heteroatoms. The summed E-state index contributed by atoms with van der Waals surface area (Å²) in [5.74, 6) is 0.621. The van der Waals surface area contributed by atoms with Gasteiger partial charge in [-0.1, -0.05) is 18.2 Å². The molecule has 1 atom stereocenters. The standard InChI is InChI=1S/C11H13FN2O/c1-15-10-5-3-2-4-9(10)6-11(14,7-12)8-13/h2-5H,6-7,14H2,1H3. The number of halogens is 1. The van der Waals surface area contributed by atoms with Crippen LogP contribution in [0, 0.1) is 11.3 Å². The van der Waals surface area contributed by atoms with Crippen molar-refractivity contribution in [2.75, 3.05) is 13.8 Å². The third kappa shape index (κ3) is 2.67. The molecule has 80 valence electrons. The van der Waals surface area contributed by atoms with Gasteiger partial charge in [0.1, 0.15) is 18.0 Å². The Morgan fingerprint density at radius 1 is 1.53 bits per heavy atom. The lowest BCUT2D eigenvalue weighted by atomic mass is 9.94. The molecule has 0 aromatic heterocycles. The zero-order valence-corrected chi connectivity index (χ0v) is 8.53. The maximum atomic E-state index is 12.6. The van der Waals surface area contributed by atoms with Gasteiger partial charge in [0, 0.05) is 6.42 Å². The molecule has 1 aromatic carbocycles. The number of benzene rings is 1. The Morgan fingerprint density at radius 2 is 2.20 bits per heavy atom. The minimum absolute atomic E-state index is 0.143. The van der Waals surface area contributed by atoms with E-state index in [1.165, 1.54) is 7.11 Å². The van der Waals surface area contributed by atoms with Crippen LogP contribution in [-0.2, 0) is 6.42 Å². The van der Waals surface area contributed by atoms with E-state index in [4.69, 9.17) is 15.7 Å². The Hall–Kier alpha value is -1.60. The molecule has 0 bridgehead atoms. The van der Waals surface area contributed by atoms with Crippen molar-refractivity contribution >= 4 is 0 Å². The number of nitriles is 1.